The van der Waals surface area contributed by atoms with E-state index in [-0.39, 0.29) is 23.7 Å². The largest absolute Gasteiger partial charge is 0.494 e. The maximum atomic E-state index is 6.48. The Morgan fingerprint density at radius 1 is 0.714 bits per heavy atom. The molecule has 0 unspecified atom stereocenters. The average molecular weight is 462 g/mol. The van der Waals surface area contributed by atoms with Crippen molar-refractivity contribution in [2.24, 2.45) is 23.7 Å². The zero-order valence-electron chi connectivity index (χ0n) is 21.4. The van der Waals surface area contributed by atoms with Gasteiger partial charge in [-0.15, -0.1) is 0 Å². The molecule has 178 valence electrons. The molecule has 5 fully saturated rings. The van der Waals surface area contributed by atoms with Crippen LogP contribution in [0.3, 0.4) is 0 Å². The van der Waals surface area contributed by atoms with Gasteiger partial charge in [0.15, 0.2) is 0 Å². The van der Waals surface area contributed by atoms with Gasteiger partial charge in [0.25, 0.3) is 0 Å². The van der Waals surface area contributed by atoms with Crippen LogP contribution in [0.15, 0.2) is 54.6 Å². The molecule has 0 aromatic heterocycles. The zero-order chi connectivity index (χ0) is 23.7. The Balaban J connectivity index is 1.36. The standard InChI is InChI=1S/C32H35BO2/c1-30(2)31(3,4)35-33(34-30)24-10-12-28-27(18-24)26-11-9-21-7-5-6-8-25(21)29(26)32(28)22-14-19-13-20(16-22)17-23(32)15-19/h5-12,18-20,22-23H,13-17H2,1-4H3. The van der Waals surface area contributed by atoms with E-state index in [2.05, 4.69) is 82.3 Å². The van der Waals surface area contributed by atoms with Crippen molar-refractivity contribution in [1.29, 1.82) is 0 Å². The second kappa shape index (κ2) is 6.61. The SMILES string of the molecule is CC1(C)OB(c2ccc3c(c2)-c2ccc4ccccc4c2C32C3CC4CC(C3)CC2C4)OC1(C)C. The smallest absolute Gasteiger partial charge is 0.399 e. The molecule has 0 amide bonds. The van der Waals surface area contributed by atoms with Gasteiger partial charge in [0, 0.05) is 5.41 Å². The maximum Gasteiger partial charge on any atom is 0.494 e. The van der Waals surface area contributed by atoms with E-state index < -0.39 is 0 Å². The maximum absolute atomic E-state index is 6.48. The van der Waals surface area contributed by atoms with Crippen LogP contribution in [0.25, 0.3) is 21.9 Å². The van der Waals surface area contributed by atoms with Gasteiger partial charge in [0.1, 0.15) is 0 Å². The number of rotatable bonds is 1. The minimum absolute atomic E-state index is 0.174. The van der Waals surface area contributed by atoms with Gasteiger partial charge < -0.3 is 9.31 Å². The Labute approximate surface area is 209 Å². The van der Waals surface area contributed by atoms with Crippen LogP contribution in [0.2, 0.25) is 0 Å². The van der Waals surface area contributed by atoms with Crippen LogP contribution in [-0.4, -0.2) is 18.3 Å². The molecule has 3 heteroatoms. The van der Waals surface area contributed by atoms with Crippen LogP contribution < -0.4 is 5.46 Å². The third kappa shape index (κ3) is 2.54. The Morgan fingerprint density at radius 3 is 2.06 bits per heavy atom. The van der Waals surface area contributed by atoms with Crippen molar-refractivity contribution in [3.8, 4) is 11.1 Å². The molecule has 0 radical (unpaired) electrons. The summed E-state index contributed by atoms with van der Waals surface area (Å²) in [4.78, 5) is 0. The molecule has 5 aliphatic carbocycles. The number of benzene rings is 3. The van der Waals surface area contributed by atoms with Gasteiger partial charge in [-0.2, -0.15) is 0 Å². The lowest BCUT2D eigenvalue weighted by molar-refractivity contribution is -0.0393. The van der Waals surface area contributed by atoms with Crippen LogP contribution in [0.1, 0.15) is 70.9 Å². The number of hydrogen-bond donors (Lipinski definition) is 0. The van der Waals surface area contributed by atoms with Gasteiger partial charge in [-0.3, -0.25) is 0 Å². The minimum Gasteiger partial charge on any atom is -0.399 e. The molecule has 0 N–H and O–H groups in total. The quantitative estimate of drug-likeness (QED) is 0.368. The van der Waals surface area contributed by atoms with Gasteiger partial charge in [0.05, 0.1) is 11.2 Å². The van der Waals surface area contributed by atoms with Crippen LogP contribution in [-0.2, 0) is 14.7 Å². The Hall–Kier alpha value is -2.10. The highest BCUT2D eigenvalue weighted by molar-refractivity contribution is 6.62. The summed E-state index contributed by atoms with van der Waals surface area (Å²) in [6.07, 6.45) is 7.13. The first kappa shape index (κ1) is 21.0. The van der Waals surface area contributed by atoms with E-state index in [1.165, 1.54) is 54.0 Å². The van der Waals surface area contributed by atoms with E-state index in [9.17, 15) is 0 Å². The van der Waals surface area contributed by atoms with Crippen molar-refractivity contribution in [2.45, 2.75) is 76.4 Å². The van der Waals surface area contributed by atoms with Crippen LogP contribution in [0, 0.1) is 23.7 Å². The van der Waals surface area contributed by atoms with Crippen LogP contribution >= 0.6 is 0 Å². The summed E-state index contributed by atoms with van der Waals surface area (Å²) in [7, 11) is -0.316. The molecule has 9 rings (SSSR count). The van der Waals surface area contributed by atoms with Gasteiger partial charge in [-0.25, -0.2) is 0 Å². The molecule has 1 saturated heterocycles. The fourth-order valence-electron chi connectivity index (χ4n) is 9.12. The molecule has 35 heavy (non-hydrogen) atoms. The Morgan fingerprint density at radius 2 is 1.37 bits per heavy atom. The van der Waals surface area contributed by atoms with E-state index in [1.807, 2.05) is 0 Å². The van der Waals surface area contributed by atoms with Gasteiger partial charge in [0.2, 0.25) is 0 Å². The highest BCUT2D eigenvalue weighted by Gasteiger charge is 2.62. The van der Waals surface area contributed by atoms with Gasteiger partial charge in [-0.05, 0) is 122 Å². The fraction of sp³-hybridized carbons (Fsp3) is 0.500. The third-order valence-electron chi connectivity index (χ3n) is 11.1. The first-order chi connectivity index (χ1) is 16.8. The molecule has 1 aliphatic heterocycles. The molecule has 3 aromatic rings. The molecular formula is C32H35BO2. The molecule has 1 spiro atoms. The summed E-state index contributed by atoms with van der Waals surface area (Å²) < 4.78 is 13.0. The summed E-state index contributed by atoms with van der Waals surface area (Å²) in [5.41, 5.74) is 6.81. The molecular weight excluding hydrogens is 427 g/mol. The fourth-order valence-corrected chi connectivity index (χ4v) is 9.12. The first-order valence-corrected chi connectivity index (χ1v) is 13.8. The lowest BCUT2D eigenvalue weighted by Crippen LogP contribution is -2.55. The van der Waals surface area contributed by atoms with E-state index in [0.29, 0.717) is 0 Å². The minimum atomic E-state index is -0.326. The zero-order valence-corrected chi connectivity index (χ0v) is 21.4. The lowest BCUT2D eigenvalue weighted by Gasteiger charge is -2.61. The summed E-state index contributed by atoms with van der Waals surface area (Å²) in [6.45, 7) is 8.58. The highest BCUT2D eigenvalue weighted by Crippen LogP contribution is 2.70. The Kier molecular flexibility index (Phi) is 3.97. The Bertz CT molecular complexity index is 1340. The predicted molar refractivity (Wildman–Crippen MR) is 143 cm³/mol. The lowest BCUT2D eigenvalue weighted by atomic mass is 9.43. The van der Waals surface area contributed by atoms with Crippen molar-refractivity contribution in [3.05, 3.63) is 65.7 Å². The van der Waals surface area contributed by atoms with Crippen LogP contribution in [0.5, 0.6) is 0 Å². The van der Waals surface area contributed by atoms with Crippen molar-refractivity contribution in [2.75, 3.05) is 0 Å². The van der Waals surface area contributed by atoms with E-state index in [0.717, 1.165) is 29.1 Å². The van der Waals surface area contributed by atoms with Crippen molar-refractivity contribution in [1.82, 2.24) is 0 Å². The van der Waals surface area contributed by atoms with Gasteiger partial charge >= 0.3 is 7.12 Å². The number of hydrogen-bond acceptors (Lipinski definition) is 2. The molecule has 1 heterocycles. The van der Waals surface area contributed by atoms with E-state index in [4.69, 9.17) is 9.31 Å². The molecule has 4 bridgehead atoms. The average Bonchev–Trinajstić information content (AvgIpc) is 3.24. The van der Waals surface area contributed by atoms with Crippen molar-refractivity contribution < 1.29 is 9.31 Å². The second-order valence-electron chi connectivity index (χ2n) is 13.3. The second-order valence-corrected chi connectivity index (χ2v) is 13.3. The van der Waals surface area contributed by atoms with E-state index >= 15 is 0 Å². The molecule has 2 nitrogen and oxygen atoms in total. The monoisotopic (exact) mass is 462 g/mol. The topological polar surface area (TPSA) is 18.5 Å². The summed E-state index contributed by atoms with van der Waals surface area (Å²) in [5, 5.41) is 2.87. The van der Waals surface area contributed by atoms with Crippen molar-refractivity contribution >= 4 is 23.4 Å². The van der Waals surface area contributed by atoms with E-state index in [1.54, 1.807) is 11.1 Å². The van der Waals surface area contributed by atoms with Gasteiger partial charge in [-0.1, -0.05) is 54.6 Å². The normalized spacial score (nSPS) is 35.1. The molecule has 4 saturated carbocycles. The number of fused-ring (bicyclic) bond motifs is 5. The van der Waals surface area contributed by atoms with Crippen molar-refractivity contribution in [3.63, 3.8) is 0 Å². The predicted octanol–water partition coefficient (Wildman–Crippen LogP) is 6.86. The third-order valence-corrected chi connectivity index (χ3v) is 11.1. The highest BCUT2D eigenvalue weighted by atomic mass is 16.7. The summed E-state index contributed by atoms with van der Waals surface area (Å²) in [5.74, 6) is 3.45. The molecule has 3 aromatic carbocycles. The summed E-state index contributed by atoms with van der Waals surface area (Å²) in [6, 6.07) is 21.1. The summed E-state index contributed by atoms with van der Waals surface area (Å²) >= 11 is 0. The molecule has 0 atom stereocenters. The molecule has 6 aliphatic rings. The first-order valence-electron chi connectivity index (χ1n) is 13.8. The van der Waals surface area contributed by atoms with Crippen LogP contribution in [0.4, 0.5) is 0 Å².